The molecule has 0 saturated heterocycles. The molecule has 0 fully saturated rings. The minimum atomic E-state index is -4.56. The Morgan fingerprint density at radius 1 is 1.00 bits per heavy atom. The van der Waals surface area contributed by atoms with Crippen molar-refractivity contribution < 1.29 is 41.7 Å². The summed E-state index contributed by atoms with van der Waals surface area (Å²) in [6, 6.07) is 13.4. The van der Waals surface area contributed by atoms with E-state index >= 15 is 0 Å². The molecule has 0 atom stereocenters. The van der Waals surface area contributed by atoms with Crippen molar-refractivity contribution in [1.82, 2.24) is 4.98 Å². The fourth-order valence-electron chi connectivity index (χ4n) is 3.90. The number of methoxy groups -OCH3 is 2. The summed E-state index contributed by atoms with van der Waals surface area (Å²) >= 11 is 0. The van der Waals surface area contributed by atoms with Crippen LogP contribution in [-0.4, -0.2) is 49.7 Å². The summed E-state index contributed by atoms with van der Waals surface area (Å²) in [4.78, 5) is 31.4. The highest BCUT2D eigenvalue weighted by Gasteiger charge is 2.30. The van der Waals surface area contributed by atoms with Gasteiger partial charge in [0.15, 0.2) is 18.1 Å². The number of carbonyl (C=O) groups is 2. The van der Waals surface area contributed by atoms with E-state index in [2.05, 4.69) is 4.98 Å². The van der Waals surface area contributed by atoms with Crippen LogP contribution in [0.4, 0.5) is 23.7 Å². The molecule has 3 rings (SSSR count). The van der Waals surface area contributed by atoms with Gasteiger partial charge in [-0.1, -0.05) is 24.3 Å². The van der Waals surface area contributed by atoms with E-state index in [1.165, 1.54) is 31.4 Å². The highest BCUT2D eigenvalue weighted by molar-refractivity contribution is 5.98. The van der Waals surface area contributed by atoms with Crippen molar-refractivity contribution in [3.05, 3.63) is 71.5 Å². The van der Waals surface area contributed by atoms with Gasteiger partial charge in [-0.15, -0.1) is 0 Å². The summed E-state index contributed by atoms with van der Waals surface area (Å²) in [5, 5.41) is 0. The molecular weight excluding hydrogens is 529 g/mol. The Labute approximate surface area is 230 Å². The van der Waals surface area contributed by atoms with E-state index in [0.717, 1.165) is 5.56 Å². The molecule has 0 aliphatic heterocycles. The van der Waals surface area contributed by atoms with Gasteiger partial charge in [-0.3, -0.25) is 9.88 Å². The first-order chi connectivity index (χ1) is 18.7. The molecule has 0 spiro atoms. The predicted octanol–water partition coefficient (Wildman–Crippen LogP) is 6.74. The van der Waals surface area contributed by atoms with E-state index in [1.54, 1.807) is 57.2 Å². The fraction of sp³-hybridized carbons (Fsp3) is 0.345. The third kappa shape index (κ3) is 7.87. The molecule has 0 N–H and O–H groups in total. The number of benzene rings is 2. The first-order valence-electron chi connectivity index (χ1n) is 12.2. The summed E-state index contributed by atoms with van der Waals surface area (Å²) in [5.74, 6) is -0.748. The maximum atomic E-state index is 13.5. The molecule has 40 heavy (non-hydrogen) atoms. The van der Waals surface area contributed by atoms with Gasteiger partial charge in [0.25, 0.3) is 0 Å². The van der Waals surface area contributed by atoms with Crippen LogP contribution in [0.3, 0.4) is 0 Å². The zero-order valence-corrected chi connectivity index (χ0v) is 23.1. The molecule has 8 nitrogen and oxygen atoms in total. The van der Waals surface area contributed by atoms with Crippen LogP contribution in [0, 0.1) is 6.92 Å². The number of amides is 1. The number of pyridine rings is 1. The molecule has 0 radical (unpaired) electrons. The third-order valence-electron chi connectivity index (χ3n) is 5.48. The summed E-state index contributed by atoms with van der Waals surface area (Å²) in [7, 11) is 2.56. The van der Waals surface area contributed by atoms with Crippen LogP contribution >= 0.6 is 0 Å². The minimum Gasteiger partial charge on any atom is -0.491 e. The number of rotatable bonds is 8. The first kappa shape index (κ1) is 30.3. The van der Waals surface area contributed by atoms with E-state index in [4.69, 9.17) is 18.9 Å². The zero-order valence-electron chi connectivity index (χ0n) is 23.1. The lowest BCUT2D eigenvalue weighted by molar-refractivity contribution is -0.153. The maximum Gasteiger partial charge on any atom is 0.422 e. The summed E-state index contributed by atoms with van der Waals surface area (Å²) in [6.45, 7) is 5.21. The van der Waals surface area contributed by atoms with Gasteiger partial charge >= 0.3 is 18.2 Å². The molecule has 0 aliphatic carbocycles. The number of esters is 1. The van der Waals surface area contributed by atoms with Gasteiger partial charge in [0.1, 0.15) is 11.3 Å². The second kappa shape index (κ2) is 12.3. The predicted molar refractivity (Wildman–Crippen MR) is 143 cm³/mol. The van der Waals surface area contributed by atoms with Gasteiger partial charge < -0.3 is 18.9 Å². The van der Waals surface area contributed by atoms with Crippen LogP contribution < -0.4 is 14.4 Å². The van der Waals surface area contributed by atoms with Gasteiger partial charge in [-0.25, -0.2) is 9.59 Å². The molecule has 1 heterocycles. The average molecular weight is 561 g/mol. The monoisotopic (exact) mass is 560 g/mol. The summed E-state index contributed by atoms with van der Waals surface area (Å²) in [6.07, 6.45) is -4.02. The zero-order chi connectivity index (χ0) is 29.7. The smallest absolute Gasteiger partial charge is 0.422 e. The van der Waals surface area contributed by atoms with E-state index in [9.17, 15) is 22.8 Å². The second-order valence-electron chi connectivity index (χ2n) is 9.85. The highest BCUT2D eigenvalue weighted by Crippen LogP contribution is 2.35. The van der Waals surface area contributed by atoms with Gasteiger partial charge in [-0.05, 0) is 62.6 Å². The molecule has 0 bridgehead atoms. The molecule has 2 aromatic carbocycles. The Bertz CT molecular complexity index is 1370. The van der Waals surface area contributed by atoms with Crippen molar-refractivity contribution in [3.8, 4) is 22.6 Å². The van der Waals surface area contributed by atoms with Crippen LogP contribution in [0.1, 0.15) is 42.4 Å². The van der Waals surface area contributed by atoms with Crippen molar-refractivity contribution in [1.29, 1.82) is 0 Å². The van der Waals surface area contributed by atoms with Crippen molar-refractivity contribution in [2.24, 2.45) is 0 Å². The van der Waals surface area contributed by atoms with Crippen LogP contribution in [-0.2, 0) is 16.0 Å². The first-order valence-corrected chi connectivity index (χ1v) is 12.2. The van der Waals surface area contributed by atoms with Gasteiger partial charge in [0.05, 0.1) is 26.3 Å². The molecule has 0 saturated carbocycles. The second-order valence-corrected chi connectivity index (χ2v) is 9.85. The fourth-order valence-corrected chi connectivity index (χ4v) is 3.90. The van der Waals surface area contributed by atoms with E-state index in [0.29, 0.717) is 22.4 Å². The van der Waals surface area contributed by atoms with Crippen molar-refractivity contribution in [2.75, 3.05) is 25.7 Å². The van der Waals surface area contributed by atoms with Crippen molar-refractivity contribution >= 4 is 17.7 Å². The molecule has 11 heteroatoms. The van der Waals surface area contributed by atoms with Crippen molar-refractivity contribution in [3.63, 3.8) is 0 Å². The largest absolute Gasteiger partial charge is 0.491 e. The number of aryl methyl sites for hydroxylation is 1. The quantitative estimate of drug-likeness (QED) is 0.282. The Hall–Kier alpha value is -4.28. The summed E-state index contributed by atoms with van der Waals surface area (Å²) < 4.78 is 59.3. The number of alkyl halides is 3. The number of nitrogens with zero attached hydrogens (tertiary/aromatic N) is 2. The van der Waals surface area contributed by atoms with Gasteiger partial charge in [0, 0.05) is 18.0 Å². The molecular formula is C29H31F3N2O6. The van der Waals surface area contributed by atoms with Crippen LogP contribution in [0.5, 0.6) is 11.5 Å². The highest BCUT2D eigenvalue weighted by atomic mass is 19.4. The Balaban J connectivity index is 2.12. The van der Waals surface area contributed by atoms with Crippen molar-refractivity contribution in [2.45, 2.75) is 46.0 Å². The number of ether oxygens (including phenoxy) is 4. The van der Waals surface area contributed by atoms with Crippen LogP contribution in [0.2, 0.25) is 0 Å². The standard InChI is InChI=1S/C29H31F3N2O6/c1-18-13-19(21-9-7-8-10-22(21)26(35)38-6)15-20(14-18)34(27(36)40-28(2,3)4)16-23-25(37-5)24(11-12-33-23)39-17-29(30,31)32/h7-15H,16-17H2,1-6H3. The Morgan fingerprint density at radius 3 is 2.33 bits per heavy atom. The molecule has 214 valence electrons. The molecule has 3 aromatic rings. The van der Waals surface area contributed by atoms with E-state index in [-0.39, 0.29) is 23.7 Å². The number of hydrogen-bond acceptors (Lipinski definition) is 7. The molecule has 0 unspecified atom stereocenters. The van der Waals surface area contributed by atoms with Gasteiger partial charge in [-0.2, -0.15) is 13.2 Å². The van der Waals surface area contributed by atoms with Gasteiger partial charge in [0.2, 0.25) is 0 Å². The topological polar surface area (TPSA) is 87.2 Å². The molecule has 1 amide bonds. The minimum absolute atomic E-state index is 0.0516. The summed E-state index contributed by atoms with van der Waals surface area (Å²) in [5.41, 5.74) is 2.01. The number of anilines is 1. The maximum absolute atomic E-state index is 13.5. The SMILES string of the molecule is COC(=O)c1ccccc1-c1cc(C)cc(N(Cc2nccc(OCC(F)(F)F)c2OC)C(=O)OC(C)(C)C)c1. The number of hydrogen-bond donors (Lipinski definition) is 0. The molecule has 1 aromatic heterocycles. The average Bonchev–Trinajstić information content (AvgIpc) is 2.88. The Morgan fingerprint density at radius 2 is 1.70 bits per heavy atom. The van der Waals surface area contributed by atoms with Crippen LogP contribution in [0.25, 0.3) is 11.1 Å². The lowest BCUT2D eigenvalue weighted by atomic mass is 9.97. The van der Waals surface area contributed by atoms with Crippen LogP contribution in [0.15, 0.2) is 54.7 Å². The Kier molecular flexibility index (Phi) is 9.28. The lowest BCUT2D eigenvalue weighted by Gasteiger charge is -2.28. The normalized spacial score (nSPS) is 11.5. The molecule has 0 aliphatic rings. The van der Waals surface area contributed by atoms with E-state index < -0.39 is 30.4 Å². The van der Waals surface area contributed by atoms with E-state index in [1.807, 2.05) is 13.0 Å². The number of halogens is 3. The third-order valence-corrected chi connectivity index (χ3v) is 5.48. The number of aromatic nitrogens is 1. The lowest BCUT2D eigenvalue weighted by Crippen LogP contribution is -2.37. The number of carbonyl (C=O) groups excluding carboxylic acids is 2.